The minimum Gasteiger partial charge on any atom is -0.480 e. The first-order chi connectivity index (χ1) is 7.61. The van der Waals surface area contributed by atoms with Crippen molar-refractivity contribution in [2.24, 2.45) is 0 Å². The Kier molecular flexibility index (Phi) is 3.94. The lowest BCUT2D eigenvalue weighted by Crippen LogP contribution is -2.33. The molecule has 2 heterocycles. The molecule has 88 valence electrons. The first kappa shape index (κ1) is 12.4. The fourth-order valence-electron chi connectivity index (χ4n) is 1.57. The molecule has 0 aliphatic carbocycles. The highest BCUT2D eigenvalue weighted by Gasteiger charge is 2.31. The van der Waals surface area contributed by atoms with Crippen LogP contribution in [0.5, 0.6) is 0 Å². The summed E-state index contributed by atoms with van der Waals surface area (Å²) in [6.45, 7) is 2.12. The molecule has 1 aliphatic heterocycles. The number of thioether (sulfide) groups is 1. The molecule has 6 heteroatoms. The molecule has 2 atom stereocenters. The molecule has 1 aromatic rings. The fourth-order valence-corrected chi connectivity index (χ4v) is 4.90. The fraction of sp³-hybridized carbons (Fsp3) is 0.500. The van der Waals surface area contributed by atoms with Gasteiger partial charge in [-0.2, -0.15) is 0 Å². The molecule has 0 spiro atoms. The number of nitrogens with one attached hydrogen (secondary N) is 1. The van der Waals surface area contributed by atoms with Gasteiger partial charge in [0.2, 0.25) is 0 Å². The van der Waals surface area contributed by atoms with Gasteiger partial charge < -0.3 is 5.11 Å². The molecular formula is C10H12BrNO2S2. The average Bonchev–Trinajstić information content (AvgIpc) is 2.83. The summed E-state index contributed by atoms with van der Waals surface area (Å²) in [7, 11) is 0. The Morgan fingerprint density at radius 1 is 1.75 bits per heavy atom. The summed E-state index contributed by atoms with van der Waals surface area (Å²) in [6.07, 6.45) is 1.00. The van der Waals surface area contributed by atoms with Crippen molar-refractivity contribution in [2.45, 2.75) is 24.8 Å². The number of hydrogen-bond donors (Lipinski definition) is 2. The van der Waals surface area contributed by atoms with Gasteiger partial charge in [-0.3, -0.25) is 10.1 Å². The Labute approximate surface area is 111 Å². The van der Waals surface area contributed by atoms with Gasteiger partial charge in [0, 0.05) is 20.0 Å². The third kappa shape index (κ3) is 2.45. The van der Waals surface area contributed by atoms with Crippen LogP contribution in [-0.4, -0.2) is 22.9 Å². The third-order valence-corrected chi connectivity index (χ3v) is 6.15. The van der Waals surface area contributed by atoms with Crippen LogP contribution < -0.4 is 5.32 Å². The number of thiophene rings is 1. The molecule has 0 radical (unpaired) electrons. The van der Waals surface area contributed by atoms with Crippen molar-refractivity contribution in [1.82, 2.24) is 5.32 Å². The molecule has 1 saturated heterocycles. The quantitative estimate of drug-likeness (QED) is 0.898. The number of carboxylic acid groups (broad SMARTS) is 1. The summed E-state index contributed by atoms with van der Waals surface area (Å²) in [5.41, 5.74) is 0. The lowest BCUT2D eigenvalue weighted by Gasteiger charge is -2.07. The number of aliphatic carboxylic acids is 1. The van der Waals surface area contributed by atoms with Crippen molar-refractivity contribution in [3.05, 3.63) is 20.3 Å². The molecule has 0 aromatic carbocycles. The largest absolute Gasteiger partial charge is 0.480 e. The van der Waals surface area contributed by atoms with Crippen molar-refractivity contribution in [1.29, 1.82) is 0 Å². The standard InChI is InChI=1S/C10H12BrNO2S2/c1-2-7-5(11)3-8(16-7)9-12-6(4-15-9)10(13)14/h3,6,9,12H,2,4H2,1H3,(H,13,14)/t6-,9+/m0/s1. The van der Waals surface area contributed by atoms with E-state index in [4.69, 9.17) is 5.11 Å². The Morgan fingerprint density at radius 2 is 2.50 bits per heavy atom. The van der Waals surface area contributed by atoms with Crippen LogP contribution in [0, 0.1) is 0 Å². The zero-order valence-corrected chi connectivity index (χ0v) is 11.9. The lowest BCUT2D eigenvalue weighted by atomic mass is 10.3. The molecular weight excluding hydrogens is 310 g/mol. The molecule has 0 saturated carbocycles. The minimum atomic E-state index is -0.763. The Hall–Kier alpha value is -0.0400. The summed E-state index contributed by atoms with van der Waals surface area (Å²) in [6, 6.07) is 1.68. The van der Waals surface area contributed by atoms with Gasteiger partial charge in [0.1, 0.15) is 6.04 Å². The topological polar surface area (TPSA) is 49.3 Å². The maximum atomic E-state index is 10.8. The van der Waals surface area contributed by atoms with Gasteiger partial charge in [-0.25, -0.2) is 0 Å². The molecule has 2 rings (SSSR count). The number of carboxylic acids is 1. The normalized spacial score (nSPS) is 24.9. The van der Waals surface area contributed by atoms with E-state index in [0.717, 1.165) is 10.9 Å². The van der Waals surface area contributed by atoms with Crippen molar-refractivity contribution >= 4 is 45.0 Å². The van der Waals surface area contributed by atoms with Gasteiger partial charge in [0.15, 0.2) is 0 Å². The van der Waals surface area contributed by atoms with Crippen LogP contribution in [0.25, 0.3) is 0 Å². The van der Waals surface area contributed by atoms with Crippen LogP contribution in [-0.2, 0) is 11.2 Å². The van der Waals surface area contributed by atoms with Crippen molar-refractivity contribution in [2.75, 3.05) is 5.75 Å². The van der Waals surface area contributed by atoms with Crippen LogP contribution in [0.4, 0.5) is 0 Å². The second kappa shape index (κ2) is 5.08. The van der Waals surface area contributed by atoms with E-state index in [-0.39, 0.29) is 5.37 Å². The van der Waals surface area contributed by atoms with Gasteiger partial charge in [-0.1, -0.05) is 6.92 Å². The van der Waals surface area contributed by atoms with E-state index in [9.17, 15) is 4.79 Å². The molecule has 0 bridgehead atoms. The monoisotopic (exact) mass is 321 g/mol. The Bertz CT molecular complexity index is 408. The summed E-state index contributed by atoms with van der Waals surface area (Å²) in [5.74, 6) is -0.127. The van der Waals surface area contributed by atoms with E-state index in [1.807, 2.05) is 0 Å². The second-order valence-corrected chi connectivity index (χ2v) is 6.71. The number of hydrogen-bond acceptors (Lipinski definition) is 4. The molecule has 16 heavy (non-hydrogen) atoms. The number of carbonyl (C=O) groups is 1. The summed E-state index contributed by atoms with van der Waals surface area (Å²) >= 11 is 6.93. The van der Waals surface area contributed by atoms with Crippen LogP contribution in [0.1, 0.15) is 22.1 Å². The van der Waals surface area contributed by atoms with Crippen LogP contribution in [0.3, 0.4) is 0 Å². The number of rotatable bonds is 3. The van der Waals surface area contributed by atoms with Crippen molar-refractivity contribution in [3.63, 3.8) is 0 Å². The van der Waals surface area contributed by atoms with Gasteiger partial charge in [0.25, 0.3) is 0 Å². The second-order valence-electron chi connectivity index (χ2n) is 3.54. The number of halogens is 1. The SMILES string of the molecule is CCc1sc([C@@H]2N[C@H](C(=O)O)CS2)cc1Br. The van der Waals surface area contributed by atoms with E-state index < -0.39 is 12.0 Å². The lowest BCUT2D eigenvalue weighted by molar-refractivity contribution is -0.138. The first-order valence-electron chi connectivity index (χ1n) is 5.00. The highest BCUT2D eigenvalue weighted by atomic mass is 79.9. The molecule has 0 amide bonds. The summed E-state index contributed by atoms with van der Waals surface area (Å²) < 4.78 is 1.14. The Balaban J connectivity index is 2.11. The highest BCUT2D eigenvalue weighted by Crippen LogP contribution is 2.39. The van der Waals surface area contributed by atoms with Crippen LogP contribution >= 0.6 is 39.0 Å². The van der Waals surface area contributed by atoms with E-state index in [1.165, 1.54) is 9.75 Å². The minimum absolute atomic E-state index is 0.127. The Morgan fingerprint density at radius 3 is 3.00 bits per heavy atom. The molecule has 2 N–H and O–H groups in total. The predicted molar refractivity (Wildman–Crippen MR) is 71.2 cm³/mol. The van der Waals surface area contributed by atoms with E-state index in [2.05, 4.69) is 34.2 Å². The van der Waals surface area contributed by atoms with Gasteiger partial charge in [0.05, 0.1) is 5.37 Å². The molecule has 1 aliphatic rings. The van der Waals surface area contributed by atoms with E-state index in [1.54, 1.807) is 23.1 Å². The summed E-state index contributed by atoms with van der Waals surface area (Å²) in [5, 5.41) is 12.2. The number of aryl methyl sites for hydroxylation is 1. The van der Waals surface area contributed by atoms with E-state index in [0.29, 0.717) is 5.75 Å². The zero-order valence-electron chi connectivity index (χ0n) is 8.70. The predicted octanol–water partition coefficient (Wildman–Crippen LogP) is 2.86. The maximum absolute atomic E-state index is 10.8. The smallest absolute Gasteiger partial charge is 0.321 e. The van der Waals surface area contributed by atoms with Crippen molar-refractivity contribution < 1.29 is 9.90 Å². The van der Waals surface area contributed by atoms with Crippen LogP contribution in [0.2, 0.25) is 0 Å². The molecule has 1 fully saturated rings. The summed E-state index contributed by atoms with van der Waals surface area (Å²) in [4.78, 5) is 13.3. The zero-order chi connectivity index (χ0) is 11.7. The highest BCUT2D eigenvalue weighted by molar-refractivity contribution is 9.10. The van der Waals surface area contributed by atoms with Crippen molar-refractivity contribution in [3.8, 4) is 0 Å². The average molecular weight is 322 g/mol. The third-order valence-electron chi connectivity index (χ3n) is 2.44. The molecule has 0 unspecified atom stereocenters. The molecule has 1 aromatic heterocycles. The van der Waals surface area contributed by atoms with Gasteiger partial charge >= 0.3 is 5.97 Å². The maximum Gasteiger partial charge on any atom is 0.321 e. The molecule has 3 nitrogen and oxygen atoms in total. The van der Waals surface area contributed by atoms with Gasteiger partial charge in [-0.15, -0.1) is 23.1 Å². The van der Waals surface area contributed by atoms with Gasteiger partial charge in [-0.05, 0) is 28.4 Å². The first-order valence-corrected chi connectivity index (χ1v) is 7.66. The van der Waals surface area contributed by atoms with Crippen LogP contribution in [0.15, 0.2) is 10.5 Å². The van der Waals surface area contributed by atoms with E-state index >= 15 is 0 Å².